The van der Waals surface area contributed by atoms with Crippen molar-refractivity contribution >= 4 is 29.8 Å². The van der Waals surface area contributed by atoms with Crippen LogP contribution < -0.4 is 0 Å². The molecule has 0 aromatic heterocycles. The number of unbranched alkanes of at least 4 members (excludes halogenated alkanes) is 6. The molecule has 1 heterocycles. The Morgan fingerprint density at radius 3 is 2.21 bits per heavy atom. The van der Waals surface area contributed by atoms with E-state index >= 15 is 0 Å². The van der Waals surface area contributed by atoms with Crippen LogP contribution in [0.15, 0.2) is 46.4 Å². The van der Waals surface area contributed by atoms with Gasteiger partial charge >= 0.3 is 17.8 Å². The maximum absolute atomic E-state index is 12.4. The molecule has 2 atom stereocenters. The molecule has 0 bridgehead atoms. The summed E-state index contributed by atoms with van der Waals surface area (Å²) in [5, 5.41) is 20.2. The molecular formula is C29H43N3O7. The minimum absolute atomic E-state index is 0.116. The number of allylic oxidation sites excluding steroid dienone is 6. The van der Waals surface area contributed by atoms with E-state index < -0.39 is 40.1 Å². The normalized spacial score (nSPS) is 17.7. The molecule has 1 aliphatic heterocycles. The first kappa shape index (κ1) is 33.6. The fraction of sp³-hybridized carbons (Fsp3) is 0.621. The summed E-state index contributed by atoms with van der Waals surface area (Å²) in [6.45, 7) is 3.75. The Balaban J connectivity index is 2.16. The first-order chi connectivity index (χ1) is 18.7. The van der Waals surface area contributed by atoms with Crippen molar-refractivity contribution in [1.29, 1.82) is 0 Å². The third kappa shape index (κ3) is 14.9. The summed E-state index contributed by atoms with van der Waals surface area (Å²) in [4.78, 5) is 53.6. The zero-order valence-corrected chi connectivity index (χ0v) is 23.3. The molecule has 0 aromatic rings. The summed E-state index contributed by atoms with van der Waals surface area (Å²) in [5.74, 6) is -4.02. The van der Waals surface area contributed by atoms with Gasteiger partial charge in [0.25, 0.3) is 5.66 Å². The van der Waals surface area contributed by atoms with Crippen LogP contribution in [0.25, 0.3) is 0 Å². The molecule has 0 spiro atoms. The Hall–Kier alpha value is -3.43. The number of hydrogen-bond donors (Lipinski definition) is 1. The maximum Gasteiger partial charge on any atom is 0.379 e. The second-order valence-corrected chi connectivity index (χ2v) is 9.66. The zero-order chi connectivity index (χ0) is 28.9. The molecule has 1 N–H and O–H groups in total. The number of rotatable bonds is 21. The highest BCUT2D eigenvalue weighted by atomic mass is 16.6. The van der Waals surface area contributed by atoms with Crippen molar-refractivity contribution in [2.45, 2.75) is 103 Å². The van der Waals surface area contributed by atoms with Gasteiger partial charge in [0.05, 0.1) is 18.9 Å². The Labute approximate surface area is 231 Å². The van der Waals surface area contributed by atoms with E-state index in [0.717, 1.165) is 44.7 Å². The van der Waals surface area contributed by atoms with Crippen LogP contribution in [0.3, 0.4) is 0 Å². The van der Waals surface area contributed by atoms with Gasteiger partial charge in [-0.15, -0.1) is 0 Å². The molecule has 0 saturated heterocycles. The average molecular weight is 546 g/mol. The lowest BCUT2D eigenvalue weighted by atomic mass is 9.95. The van der Waals surface area contributed by atoms with E-state index in [0.29, 0.717) is 6.42 Å². The third-order valence-electron chi connectivity index (χ3n) is 6.26. The van der Waals surface area contributed by atoms with Crippen molar-refractivity contribution in [3.8, 4) is 0 Å². The SMILES string of the molecule is CCCCC/C=C\C/C=C\C/C=C\CCCCCOC(=O)CC(CCC(=O)C1(C)N=CC([N+](=O)[O-])=N1)C(=O)O. The molecule has 10 heteroatoms. The van der Waals surface area contributed by atoms with Crippen LogP contribution in [-0.2, 0) is 19.1 Å². The molecule has 0 saturated carbocycles. The van der Waals surface area contributed by atoms with Gasteiger partial charge in [0.2, 0.25) is 5.78 Å². The van der Waals surface area contributed by atoms with E-state index in [2.05, 4.69) is 53.4 Å². The molecule has 1 aliphatic rings. The van der Waals surface area contributed by atoms with Gasteiger partial charge in [-0.25, -0.2) is 4.99 Å². The molecule has 0 radical (unpaired) electrons. The van der Waals surface area contributed by atoms with E-state index in [1.54, 1.807) is 0 Å². The number of carbonyl (C=O) groups is 3. The van der Waals surface area contributed by atoms with Crippen LogP contribution in [0.1, 0.15) is 97.3 Å². The van der Waals surface area contributed by atoms with Crippen molar-refractivity contribution in [3.05, 3.63) is 46.6 Å². The topological polar surface area (TPSA) is 149 Å². The van der Waals surface area contributed by atoms with Crippen LogP contribution in [0.2, 0.25) is 0 Å². The number of nitrogens with zero attached hydrogens (tertiary/aromatic N) is 3. The summed E-state index contributed by atoms with van der Waals surface area (Å²) >= 11 is 0. The number of ether oxygens (including phenoxy) is 1. The van der Waals surface area contributed by atoms with Crippen LogP contribution in [0, 0.1) is 16.0 Å². The second-order valence-electron chi connectivity index (χ2n) is 9.66. The van der Waals surface area contributed by atoms with Gasteiger partial charge in [0, 0.05) is 13.3 Å². The van der Waals surface area contributed by atoms with Gasteiger partial charge in [0.1, 0.15) is 6.21 Å². The summed E-state index contributed by atoms with van der Waals surface area (Å²) in [6.07, 6.45) is 23.7. The fourth-order valence-electron chi connectivity index (χ4n) is 3.82. The predicted molar refractivity (Wildman–Crippen MR) is 152 cm³/mol. The molecule has 0 aliphatic carbocycles. The lowest BCUT2D eigenvalue weighted by Gasteiger charge is -2.14. The summed E-state index contributed by atoms with van der Waals surface area (Å²) in [6, 6.07) is 0. The van der Waals surface area contributed by atoms with Gasteiger partial charge in [-0.1, -0.05) is 56.2 Å². The monoisotopic (exact) mass is 545 g/mol. The number of esters is 1. The highest BCUT2D eigenvalue weighted by Crippen LogP contribution is 2.23. The number of Topliss-reactive ketones (excluding diaryl/α,β-unsaturated/α-hetero) is 1. The molecule has 0 amide bonds. The molecule has 1 rings (SSSR count). The van der Waals surface area contributed by atoms with Gasteiger partial charge in [-0.05, 0) is 67.7 Å². The van der Waals surface area contributed by atoms with Crippen molar-refractivity contribution in [2.24, 2.45) is 15.9 Å². The Kier molecular flexibility index (Phi) is 16.9. The zero-order valence-electron chi connectivity index (χ0n) is 23.3. The Morgan fingerprint density at radius 1 is 1.03 bits per heavy atom. The van der Waals surface area contributed by atoms with Crippen LogP contribution in [0.4, 0.5) is 0 Å². The van der Waals surface area contributed by atoms with Gasteiger partial charge in [-0.3, -0.25) is 14.4 Å². The molecule has 0 fully saturated rings. The van der Waals surface area contributed by atoms with Gasteiger partial charge in [-0.2, -0.15) is 0 Å². The van der Waals surface area contributed by atoms with E-state index in [1.165, 1.54) is 26.2 Å². The standard InChI is InChI=1S/C29H43N3O7/c1-3-4-5-6-7-8-9-10-11-12-13-14-15-16-17-18-21-39-27(34)22-24(28(35)36)19-20-25(33)29(2)30-23-26(31-29)32(37)38/h7-8,10-11,13-14,23-24H,3-6,9,12,15-22H2,1-2H3,(H,35,36)/b8-7-,11-10-,14-13-. The quantitative estimate of drug-likeness (QED) is 0.0608. The van der Waals surface area contributed by atoms with Crippen molar-refractivity contribution in [1.82, 2.24) is 0 Å². The number of ketones is 1. The van der Waals surface area contributed by atoms with E-state index in [1.807, 2.05) is 0 Å². The summed E-state index contributed by atoms with van der Waals surface area (Å²) in [7, 11) is 0. The molecule has 2 unspecified atom stereocenters. The largest absolute Gasteiger partial charge is 0.481 e. The number of carboxylic acid groups (broad SMARTS) is 1. The number of carbonyl (C=O) groups excluding carboxylic acids is 2. The summed E-state index contributed by atoms with van der Waals surface area (Å²) in [5.41, 5.74) is -1.64. The van der Waals surface area contributed by atoms with E-state index in [4.69, 9.17) is 4.74 Å². The summed E-state index contributed by atoms with van der Waals surface area (Å²) < 4.78 is 5.17. The number of amidine groups is 1. The molecule has 39 heavy (non-hydrogen) atoms. The third-order valence-corrected chi connectivity index (χ3v) is 6.26. The fourth-order valence-corrected chi connectivity index (χ4v) is 3.82. The minimum atomic E-state index is -1.64. The first-order valence-corrected chi connectivity index (χ1v) is 13.9. The highest BCUT2D eigenvalue weighted by Gasteiger charge is 2.43. The number of nitro groups is 1. The minimum Gasteiger partial charge on any atom is -0.481 e. The second kappa shape index (κ2) is 19.6. The van der Waals surface area contributed by atoms with E-state index in [-0.39, 0.29) is 25.9 Å². The highest BCUT2D eigenvalue weighted by molar-refractivity contribution is 6.28. The lowest BCUT2D eigenvalue weighted by Crippen LogP contribution is -2.31. The number of hydrogen-bond acceptors (Lipinski definition) is 8. The number of aliphatic imine (C=N–C) groups is 2. The molecule has 10 nitrogen and oxygen atoms in total. The molecule has 0 aromatic carbocycles. The number of aliphatic carboxylic acids is 1. The van der Waals surface area contributed by atoms with Crippen molar-refractivity contribution in [2.75, 3.05) is 6.61 Å². The van der Waals surface area contributed by atoms with Crippen molar-refractivity contribution in [3.63, 3.8) is 0 Å². The first-order valence-electron chi connectivity index (χ1n) is 13.9. The average Bonchev–Trinajstić information content (AvgIpc) is 3.31. The van der Waals surface area contributed by atoms with Crippen LogP contribution >= 0.6 is 0 Å². The molecular weight excluding hydrogens is 502 g/mol. The lowest BCUT2D eigenvalue weighted by molar-refractivity contribution is -0.345. The van der Waals surface area contributed by atoms with Gasteiger partial charge < -0.3 is 20.0 Å². The predicted octanol–water partition coefficient (Wildman–Crippen LogP) is 6.04. The Bertz CT molecular complexity index is 953. The maximum atomic E-state index is 12.4. The van der Waals surface area contributed by atoms with E-state index in [9.17, 15) is 29.6 Å². The van der Waals surface area contributed by atoms with Crippen LogP contribution in [-0.4, -0.2) is 52.1 Å². The number of carboxylic acids is 1. The molecule has 216 valence electrons. The van der Waals surface area contributed by atoms with Crippen molar-refractivity contribution < 1.29 is 29.2 Å². The smallest absolute Gasteiger partial charge is 0.379 e. The van der Waals surface area contributed by atoms with Crippen LogP contribution in [0.5, 0.6) is 0 Å². The van der Waals surface area contributed by atoms with Gasteiger partial charge in [0.15, 0.2) is 0 Å². The Morgan fingerprint density at radius 2 is 1.64 bits per heavy atom.